The molecular formula is C15H20O4. The van der Waals surface area contributed by atoms with Crippen LogP contribution in [0.4, 0.5) is 0 Å². The Hall–Kier alpha value is -1.84. The summed E-state index contributed by atoms with van der Waals surface area (Å²) in [5, 5.41) is 17.3. The van der Waals surface area contributed by atoms with Gasteiger partial charge in [-0.3, -0.25) is 9.59 Å². The fourth-order valence-electron chi connectivity index (χ4n) is 2.20. The number of rotatable bonds is 9. The van der Waals surface area contributed by atoms with Crippen LogP contribution in [-0.2, 0) is 9.59 Å². The number of carboxylic acids is 2. The minimum absolute atomic E-state index is 0.169. The quantitative estimate of drug-likeness (QED) is 0.717. The third-order valence-corrected chi connectivity index (χ3v) is 3.16. The Bertz CT molecular complexity index is 380. The van der Waals surface area contributed by atoms with Gasteiger partial charge in [0.15, 0.2) is 0 Å². The molecule has 0 aromatic heterocycles. The molecule has 0 saturated heterocycles. The highest BCUT2D eigenvalue weighted by Crippen LogP contribution is 2.27. The molecule has 0 aliphatic carbocycles. The SMILES string of the molecule is O=C(O)CCCC(CCCC(=O)O)c1ccccc1. The Morgan fingerprint density at radius 3 is 1.79 bits per heavy atom. The number of carboxylic acid groups (broad SMARTS) is 2. The molecule has 2 N–H and O–H groups in total. The lowest BCUT2D eigenvalue weighted by molar-refractivity contribution is -0.138. The third kappa shape index (κ3) is 6.60. The summed E-state index contributed by atoms with van der Waals surface area (Å²) >= 11 is 0. The maximum atomic E-state index is 10.5. The molecule has 0 spiro atoms. The van der Waals surface area contributed by atoms with Crippen LogP contribution in [0.3, 0.4) is 0 Å². The maximum absolute atomic E-state index is 10.5. The van der Waals surface area contributed by atoms with Crippen molar-refractivity contribution >= 4 is 11.9 Å². The van der Waals surface area contributed by atoms with Gasteiger partial charge in [-0.25, -0.2) is 0 Å². The highest BCUT2D eigenvalue weighted by molar-refractivity contribution is 5.66. The number of benzene rings is 1. The molecule has 1 rings (SSSR count). The topological polar surface area (TPSA) is 74.6 Å². The second-order valence-corrected chi connectivity index (χ2v) is 4.68. The number of carbonyl (C=O) groups is 2. The van der Waals surface area contributed by atoms with Crippen LogP contribution in [0, 0.1) is 0 Å². The molecule has 0 unspecified atom stereocenters. The van der Waals surface area contributed by atoms with Crippen LogP contribution in [0.1, 0.15) is 50.0 Å². The van der Waals surface area contributed by atoms with Crippen molar-refractivity contribution < 1.29 is 19.8 Å². The lowest BCUT2D eigenvalue weighted by Gasteiger charge is -2.16. The summed E-state index contributed by atoms with van der Waals surface area (Å²) in [7, 11) is 0. The molecule has 4 heteroatoms. The van der Waals surface area contributed by atoms with Gasteiger partial charge in [0, 0.05) is 12.8 Å². The zero-order chi connectivity index (χ0) is 14.1. The van der Waals surface area contributed by atoms with E-state index in [4.69, 9.17) is 10.2 Å². The molecule has 0 fully saturated rings. The van der Waals surface area contributed by atoms with Crippen molar-refractivity contribution in [2.45, 2.75) is 44.4 Å². The van der Waals surface area contributed by atoms with E-state index in [-0.39, 0.29) is 18.8 Å². The molecule has 4 nitrogen and oxygen atoms in total. The largest absolute Gasteiger partial charge is 0.481 e. The first-order chi connectivity index (χ1) is 9.09. The minimum atomic E-state index is -0.780. The fourth-order valence-corrected chi connectivity index (χ4v) is 2.20. The Labute approximate surface area is 113 Å². The van der Waals surface area contributed by atoms with Crippen LogP contribution >= 0.6 is 0 Å². The fraction of sp³-hybridized carbons (Fsp3) is 0.467. The van der Waals surface area contributed by atoms with Gasteiger partial charge in [0.25, 0.3) is 0 Å². The van der Waals surface area contributed by atoms with Gasteiger partial charge in [0.2, 0.25) is 0 Å². The van der Waals surface area contributed by atoms with Gasteiger partial charge < -0.3 is 10.2 Å². The molecular weight excluding hydrogens is 244 g/mol. The monoisotopic (exact) mass is 264 g/mol. The van der Waals surface area contributed by atoms with Gasteiger partial charge in [0.1, 0.15) is 0 Å². The van der Waals surface area contributed by atoms with Gasteiger partial charge in [-0.2, -0.15) is 0 Å². The standard InChI is InChI=1S/C15H20O4/c16-14(17)10-4-8-13(9-5-11-15(18)19)12-6-2-1-3-7-12/h1-3,6-7,13H,4-5,8-11H2,(H,16,17)(H,18,19). The lowest BCUT2D eigenvalue weighted by atomic mass is 9.89. The normalized spacial score (nSPS) is 10.6. The molecule has 0 aliphatic heterocycles. The van der Waals surface area contributed by atoms with Crippen LogP contribution in [0.15, 0.2) is 30.3 Å². The molecule has 1 aromatic carbocycles. The summed E-state index contributed by atoms with van der Waals surface area (Å²) in [6.45, 7) is 0. The van der Waals surface area contributed by atoms with Gasteiger partial charge in [-0.15, -0.1) is 0 Å². The molecule has 0 saturated carbocycles. The Balaban J connectivity index is 2.52. The summed E-state index contributed by atoms with van der Waals surface area (Å²) < 4.78 is 0. The van der Waals surface area contributed by atoms with E-state index in [0.717, 1.165) is 12.8 Å². The van der Waals surface area contributed by atoms with Crippen molar-refractivity contribution in [3.63, 3.8) is 0 Å². The highest BCUT2D eigenvalue weighted by atomic mass is 16.4. The number of hydrogen-bond donors (Lipinski definition) is 2. The van der Waals surface area contributed by atoms with E-state index in [1.807, 2.05) is 30.3 Å². The van der Waals surface area contributed by atoms with E-state index >= 15 is 0 Å². The van der Waals surface area contributed by atoms with Gasteiger partial charge in [-0.05, 0) is 37.2 Å². The predicted octanol–water partition coefficient (Wildman–Crippen LogP) is 3.28. The highest BCUT2D eigenvalue weighted by Gasteiger charge is 2.12. The molecule has 0 radical (unpaired) electrons. The van der Waals surface area contributed by atoms with Crippen LogP contribution in [0.5, 0.6) is 0 Å². The summed E-state index contributed by atoms with van der Waals surface area (Å²) in [5.41, 5.74) is 1.17. The van der Waals surface area contributed by atoms with Crippen LogP contribution < -0.4 is 0 Å². The first kappa shape index (κ1) is 15.2. The van der Waals surface area contributed by atoms with Crippen molar-refractivity contribution in [1.82, 2.24) is 0 Å². The van der Waals surface area contributed by atoms with E-state index in [0.29, 0.717) is 12.8 Å². The van der Waals surface area contributed by atoms with Crippen LogP contribution in [0.2, 0.25) is 0 Å². The van der Waals surface area contributed by atoms with E-state index in [1.54, 1.807) is 0 Å². The number of aliphatic carboxylic acids is 2. The molecule has 0 amide bonds. The van der Waals surface area contributed by atoms with Gasteiger partial charge in [-0.1, -0.05) is 30.3 Å². The summed E-state index contributed by atoms with van der Waals surface area (Å²) in [6.07, 6.45) is 3.17. The van der Waals surface area contributed by atoms with E-state index in [2.05, 4.69) is 0 Å². The maximum Gasteiger partial charge on any atom is 0.303 e. The number of hydrogen-bond acceptors (Lipinski definition) is 2. The zero-order valence-corrected chi connectivity index (χ0v) is 10.9. The van der Waals surface area contributed by atoms with E-state index in [1.165, 1.54) is 5.56 Å². The first-order valence-corrected chi connectivity index (χ1v) is 6.58. The first-order valence-electron chi connectivity index (χ1n) is 6.58. The molecule has 104 valence electrons. The Kier molecular flexibility index (Phi) is 6.64. The zero-order valence-electron chi connectivity index (χ0n) is 10.9. The van der Waals surface area contributed by atoms with Crippen molar-refractivity contribution in [3.8, 4) is 0 Å². The van der Waals surface area contributed by atoms with Gasteiger partial charge >= 0.3 is 11.9 Å². The minimum Gasteiger partial charge on any atom is -0.481 e. The third-order valence-electron chi connectivity index (χ3n) is 3.16. The average Bonchev–Trinajstić information content (AvgIpc) is 2.37. The lowest BCUT2D eigenvalue weighted by Crippen LogP contribution is -2.03. The average molecular weight is 264 g/mol. The Morgan fingerprint density at radius 1 is 0.895 bits per heavy atom. The summed E-state index contributed by atoms with van der Waals surface area (Å²) in [5.74, 6) is -1.31. The second kappa shape index (κ2) is 8.29. The second-order valence-electron chi connectivity index (χ2n) is 4.68. The molecule has 1 aromatic rings. The van der Waals surface area contributed by atoms with E-state index < -0.39 is 11.9 Å². The predicted molar refractivity (Wildman–Crippen MR) is 72.2 cm³/mol. The van der Waals surface area contributed by atoms with E-state index in [9.17, 15) is 9.59 Å². The molecule has 0 atom stereocenters. The van der Waals surface area contributed by atoms with Crippen molar-refractivity contribution in [2.75, 3.05) is 0 Å². The van der Waals surface area contributed by atoms with Crippen molar-refractivity contribution in [1.29, 1.82) is 0 Å². The van der Waals surface area contributed by atoms with Gasteiger partial charge in [0.05, 0.1) is 0 Å². The van der Waals surface area contributed by atoms with Crippen molar-refractivity contribution in [2.24, 2.45) is 0 Å². The smallest absolute Gasteiger partial charge is 0.303 e. The molecule has 0 aliphatic rings. The summed E-state index contributed by atoms with van der Waals surface area (Å²) in [4.78, 5) is 21.1. The molecule has 19 heavy (non-hydrogen) atoms. The molecule has 0 bridgehead atoms. The van der Waals surface area contributed by atoms with Crippen molar-refractivity contribution in [3.05, 3.63) is 35.9 Å². The Morgan fingerprint density at radius 2 is 1.37 bits per heavy atom. The summed E-state index contributed by atoms with van der Waals surface area (Å²) in [6, 6.07) is 9.89. The van der Waals surface area contributed by atoms with Crippen LogP contribution in [-0.4, -0.2) is 22.2 Å². The van der Waals surface area contributed by atoms with Crippen LogP contribution in [0.25, 0.3) is 0 Å². The molecule has 0 heterocycles.